The normalized spacial score (nSPS) is 11.2. The molecule has 2 nitrogen and oxygen atoms in total. The van der Waals surface area contributed by atoms with E-state index in [0.717, 1.165) is 22.6 Å². The van der Waals surface area contributed by atoms with Crippen molar-refractivity contribution in [3.8, 4) is 28.3 Å². The third-order valence-corrected chi connectivity index (χ3v) is 5.12. The smallest absolute Gasteiger partial charge is 0.145 e. The lowest BCUT2D eigenvalue weighted by Gasteiger charge is -2.16. The molecule has 4 aromatic rings. The van der Waals surface area contributed by atoms with Crippen LogP contribution in [0.4, 0.5) is 0 Å². The van der Waals surface area contributed by atoms with Crippen LogP contribution in [0.5, 0.6) is 0 Å². The van der Waals surface area contributed by atoms with Crippen molar-refractivity contribution in [2.75, 3.05) is 0 Å². The maximum atomic E-state index is 5.05. The van der Waals surface area contributed by atoms with Crippen molar-refractivity contribution in [2.24, 2.45) is 0 Å². The van der Waals surface area contributed by atoms with Crippen molar-refractivity contribution in [3.05, 3.63) is 95.7 Å². The summed E-state index contributed by atoms with van der Waals surface area (Å²) < 4.78 is 2.26. The molecule has 0 bridgehead atoms. The Morgan fingerprint density at radius 2 is 1.46 bits per heavy atom. The molecule has 0 N–H and O–H groups in total. The highest BCUT2D eigenvalue weighted by atomic mass is 15.1. The van der Waals surface area contributed by atoms with Crippen molar-refractivity contribution < 1.29 is 0 Å². The van der Waals surface area contributed by atoms with Crippen LogP contribution in [0.15, 0.2) is 79.0 Å². The molecular formula is C26H26N2. The largest absolute Gasteiger partial charge is 0.299 e. The molecule has 0 aliphatic heterocycles. The van der Waals surface area contributed by atoms with Gasteiger partial charge < -0.3 is 0 Å². The zero-order valence-electron chi connectivity index (χ0n) is 17.0. The van der Waals surface area contributed by atoms with Gasteiger partial charge in [-0.05, 0) is 37.5 Å². The summed E-state index contributed by atoms with van der Waals surface area (Å²) in [5, 5.41) is 0. The summed E-state index contributed by atoms with van der Waals surface area (Å²) in [4.78, 5) is 5.05. The van der Waals surface area contributed by atoms with E-state index in [1.54, 1.807) is 0 Å². The van der Waals surface area contributed by atoms with Crippen LogP contribution in [0.3, 0.4) is 0 Å². The number of imidazole rings is 1. The minimum absolute atomic E-state index is 0.433. The van der Waals surface area contributed by atoms with Crippen molar-refractivity contribution in [1.82, 2.24) is 9.55 Å². The third-order valence-electron chi connectivity index (χ3n) is 5.12. The molecule has 4 rings (SSSR count). The fraction of sp³-hybridized carbons (Fsp3) is 0.192. The SMILES string of the molecule is Cc1cccc(-c2nc(-c3ccccc3)cn2-c2ccc(C)cc2C(C)C)c1. The van der Waals surface area contributed by atoms with Crippen LogP contribution in [-0.4, -0.2) is 9.55 Å². The van der Waals surface area contributed by atoms with E-state index >= 15 is 0 Å². The first kappa shape index (κ1) is 18.2. The Morgan fingerprint density at radius 3 is 2.18 bits per heavy atom. The molecule has 0 atom stereocenters. The predicted molar refractivity (Wildman–Crippen MR) is 118 cm³/mol. The second kappa shape index (κ2) is 7.47. The van der Waals surface area contributed by atoms with E-state index < -0.39 is 0 Å². The summed E-state index contributed by atoms with van der Waals surface area (Å²) in [5.41, 5.74) is 8.32. The summed E-state index contributed by atoms with van der Waals surface area (Å²) in [6, 6.07) is 25.7. The fourth-order valence-corrected chi connectivity index (χ4v) is 3.66. The molecule has 0 aliphatic carbocycles. The van der Waals surface area contributed by atoms with Crippen molar-refractivity contribution in [2.45, 2.75) is 33.6 Å². The first-order chi connectivity index (χ1) is 13.5. The minimum atomic E-state index is 0.433. The van der Waals surface area contributed by atoms with Gasteiger partial charge in [-0.3, -0.25) is 4.57 Å². The molecule has 0 fully saturated rings. The summed E-state index contributed by atoms with van der Waals surface area (Å²) in [6.45, 7) is 8.78. The molecular weight excluding hydrogens is 340 g/mol. The van der Waals surface area contributed by atoms with Crippen molar-refractivity contribution in [3.63, 3.8) is 0 Å². The number of rotatable bonds is 4. The van der Waals surface area contributed by atoms with Gasteiger partial charge >= 0.3 is 0 Å². The minimum Gasteiger partial charge on any atom is -0.299 e. The Labute approximate surface area is 167 Å². The molecule has 2 heteroatoms. The second-order valence-electron chi connectivity index (χ2n) is 7.77. The molecule has 0 saturated heterocycles. The molecule has 140 valence electrons. The summed E-state index contributed by atoms with van der Waals surface area (Å²) in [6.07, 6.45) is 2.17. The Bertz CT molecular complexity index is 1100. The molecule has 0 aliphatic rings. The lowest BCUT2D eigenvalue weighted by Crippen LogP contribution is -2.03. The number of hydrogen-bond acceptors (Lipinski definition) is 1. The number of hydrogen-bond donors (Lipinski definition) is 0. The first-order valence-electron chi connectivity index (χ1n) is 9.85. The number of aromatic nitrogens is 2. The van der Waals surface area contributed by atoms with Crippen LogP contribution in [0.25, 0.3) is 28.3 Å². The monoisotopic (exact) mass is 366 g/mol. The van der Waals surface area contributed by atoms with Gasteiger partial charge in [-0.25, -0.2) is 4.98 Å². The lowest BCUT2D eigenvalue weighted by molar-refractivity contribution is 0.845. The quantitative estimate of drug-likeness (QED) is 0.382. The lowest BCUT2D eigenvalue weighted by atomic mass is 9.98. The van der Waals surface area contributed by atoms with Gasteiger partial charge in [-0.1, -0.05) is 85.6 Å². The van der Waals surface area contributed by atoms with Crippen LogP contribution in [-0.2, 0) is 0 Å². The van der Waals surface area contributed by atoms with Gasteiger partial charge in [0.15, 0.2) is 0 Å². The van der Waals surface area contributed by atoms with E-state index in [-0.39, 0.29) is 0 Å². The van der Waals surface area contributed by atoms with Crippen LogP contribution in [0, 0.1) is 13.8 Å². The number of nitrogens with zero attached hydrogens (tertiary/aromatic N) is 2. The Hall–Kier alpha value is -3.13. The molecule has 0 radical (unpaired) electrons. The van der Waals surface area contributed by atoms with Gasteiger partial charge in [0.05, 0.1) is 11.4 Å². The average molecular weight is 367 g/mol. The fourth-order valence-electron chi connectivity index (χ4n) is 3.66. The zero-order valence-corrected chi connectivity index (χ0v) is 17.0. The maximum absolute atomic E-state index is 5.05. The van der Waals surface area contributed by atoms with E-state index in [4.69, 9.17) is 4.98 Å². The molecule has 3 aromatic carbocycles. The zero-order chi connectivity index (χ0) is 19.7. The van der Waals surface area contributed by atoms with Gasteiger partial charge in [0, 0.05) is 17.3 Å². The van der Waals surface area contributed by atoms with Gasteiger partial charge in [-0.2, -0.15) is 0 Å². The van der Waals surface area contributed by atoms with Crippen LogP contribution < -0.4 is 0 Å². The molecule has 1 heterocycles. The van der Waals surface area contributed by atoms with E-state index in [0.29, 0.717) is 5.92 Å². The highest BCUT2D eigenvalue weighted by Gasteiger charge is 2.17. The molecule has 0 saturated carbocycles. The van der Waals surface area contributed by atoms with Gasteiger partial charge in [0.2, 0.25) is 0 Å². The van der Waals surface area contributed by atoms with Crippen molar-refractivity contribution in [1.29, 1.82) is 0 Å². The molecule has 28 heavy (non-hydrogen) atoms. The van der Waals surface area contributed by atoms with Gasteiger partial charge in [-0.15, -0.1) is 0 Å². The summed E-state index contributed by atoms with van der Waals surface area (Å²) >= 11 is 0. The number of benzene rings is 3. The van der Waals surface area contributed by atoms with E-state index in [1.807, 2.05) is 6.07 Å². The highest BCUT2D eigenvalue weighted by Crippen LogP contribution is 2.32. The van der Waals surface area contributed by atoms with Crippen LogP contribution >= 0.6 is 0 Å². The second-order valence-corrected chi connectivity index (χ2v) is 7.77. The molecule has 0 spiro atoms. The predicted octanol–water partition coefficient (Wildman–Crippen LogP) is 6.95. The Balaban J connectivity index is 1.97. The first-order valence-corrected chi connectivity index (χ1v) is 9.85. The highest BCUT2D eigenvalue weighted by molar-refractivity contribution is 5.68. The molecule has 1 aromatic heterocycles. The van der Waals surface area contributed by atoms with E-state index in [1.165, 1.54) is 22.4 Å². The van der Waals surface area contributed by atoms with Gasteiger partial charge in [0.1, 0.15) is 5.82 Å². The Morgan fingerprint density at radius 1 is 0.750 bits per heavy atom. The van der Waals surface area contributed by atoms with Gasteiger partial charge in [0.25, 0.3) is 0 Å². The topological polar surface area (TPSA) is 17.8 Å². The third kappa shape index (κ3) is 3.50. The summed E-state index contributed by atoms with van der Waals surface area (Å²) in [7, 11) is 0. The van der Waals surface area contributed by atoms with E-state index in [9.17, 15) is 0 Å². The Kier molecular flexibility index (Phi) is 4.87. The average Bonchev–Trinajstić information content (AvgIpc) is 3.14. The molecule has 0 unspecified atom stereocenters. The maximum Gasteiger partial charge on any atom is 0.145 e. The van der Waals surface area contributed by atoms with Crippen molar-refractivity contribution >= 4 is 0 Å². The van der Waals surface area contributed by atoms with Crippen LogP contribution in [0.1, 0.15) is 36.5 Å². The van der Waals surface area contributed by atoms with E-state index in [2.05, 4.69) is 105 Å². The van der Waals surface area contributed by atoms with Crippen LogP contribution in [0.2, 0.25) is 0 Å². The number of aryl methyl sites for hydroxylation is 2. The standard InChI is InChI=1S/C26H26N2/c1-18(2)23-16-20(4)13-14-25(23)28-17-24(21-10-6-5-7-11-21)27-26(28)22-12-8-9-19(3)15-22/h5-18H,1-4H3. The summed E-state index contributed by atoms with van der Waals surface area (Å²) in [5.74, 6) is 1.41. The molecule has 0 amide bonds.